The summed E-state index contributed by atoms with van der Waals surface area (Å²) in [5.74, 6) is -1.62. The SMILES string of the molecule is Cc1ccc(CNC(=O)C(=O)NCC(c2ccc(F)cc2)N2CCN(C)CC2)cc1. The summed E-state index contributed by atoms with van der Waals surface area (Å²) in [6.07, 6.45) is 0. The highest BCUT2D eigenvalue weighted by atomic mass is 19.1. The molecule has 1 saturated heterocycles. The molecule has 0 bridgehead atoms. The van der Waals surface area contributed by atoms with Crippen molar-refractivity contribution in [3.63, 3.8) is 0 Å². The minimum atomic E-state index is -0.664. The molecule has 0 aromatic heterocycles. The quantitative estimate of drug-likeness (QED) is 0.711. The van der Waals surface area contributed by atoms with Crippen molar-refractivity contribution in [1.82, 2.24) is 20.4 Å². The number of halogens is 1. The number of carbonyl (C=O) groups is 2. The molecule has 2 aromatic rings. The van der Waals surface area contributed by atoms with Gasteiger partial charge in [0.1, 0.15) is 5.82 Å². The predicted molar refractivity (Wildman–Crippen MR) is 114 cm³/mol. The molecule has 30 heavy (non-hydrogen) atoms. The van der Waals surface area contributed by atoms with Crippen LogP contribution in [0.4, 0.5) is 4.39 Å². The molecule has 3 rings (SSSR count). The lowest BCUT2D eigenvalue weighted by molar-refractivity contribution is -0.139. The molecule has 1 fully saturated rings. The van der Waals surface area contributed by atoms with Gasteiger partial charge in [0, 0.05) is 39.3 Å². The van der Waals surface area contributed by atoms with Gasteiger partial charge in [-0.25, -0.2) is 4.39 Å². The zero-order valence-corrected chi connectivity index (χ0v) is 17.5. The number of nitrogens with zero attached hydrogens (tertiary/aromatic N) is 2. The van der Waals surface area contributed by atoms with Crippen molar-refractivity contribution >= 4 is 11.8 Å². The fourth-order valence-electron chi connectivity index (χ4n) is 3.51. The highest BCUT2D eigenvalue weighted by Gasteiger charge is 2.25. The highest BCUT2D eigenvalue weighted by molar-refractivity contribution is 6.35. The summed E-state index contributed by atoms with van der Waals surface area (Å²) < 4.78 is 13.4. The van der Waals surface area contributed by atoms with Crippen LogP contribution in [0.25, 0.3) is 0 Å². The number of benzene rings is 2. The summed E-state index contributed by atoms with van der Waals surface area (Å²) >= 11 is 0. The smallest absolute Gasteiger partial charge is 0.309 e. The largest absolute Gasteiger partial charge is 0.346 e. The third-order valence-electron chi connectivity index (χ3n) is 5.47. The van der Waals surface area contributed by atoms with Gasteiger partial charge in [-0.2, -0.15) is 0 Å². The van der Waals surface area contributed by atoms with Crippen molar-refractivity contribution in [1.29, 1.82) is 0 Å². The topological polar surface area (TPSA) is 64.7 Å². The van der Waals surface area contributed by atoms with Crippen molar-refractivity contribution in [3.8, 4) is 0 Å². The number of piperazine rings is 1. The number of nitrogens with one attached hydrogen (secondary N) is 2. The minimum absolute atomic E-state index is 0.117. The van der Waals surface area contributed by atoms with E-state index >= 15 is 0 Å². The maximum Gasteiger partial charge on any atom is 0.309 e. The average molecular weight is 413 g/mol. The number of carbonyl (C=O) groups excluding carboxylic acids is 2. The molecule has 160 valence electrons. The second-order valence-electron chi connectivity index (χ2n) is 7.78. The Morgan fingerprint density at radius 2 is 1.53 bits per heavy atom. The van der Waals surface area contributed by atoms with Crippen LogP contribution in [0.3, 0.4) is 0 Å². The van der Waals surface area contributed by atoms with Gasteiger partial charge in [-0.15, -0.1) is 0 Å². The van der Waals surface area contributed by atoms with Crippen molar-refractivity contribution in [3.05, 3.63) is 71.0 Å². The lowest BCUT2D eigenvalue weighted by Crippen LogP contribution is -2.49. The number of hydrogen-bond donors (Lipinski definition) is 2. The van der Waals surface area contributed by atoms with Crippen LogP contribution >= 0.6 is 0 Å². The number of likely N-dealkylation sites (N-methyl/N-ethyl adjacent to an activating group) is 1. The van der Waals surface area contributed by atoms with Crippen LogP contribution in [0.2, 0.25) is 0 Å². The first-order valence-corrected chi connectivity index (χ1v) is 10.2. The Bertz CT molecular complexity index is 847. The van der Waals surface area contributed by atoms with Gasteiger partial charge in [0.05, 0.1) is 6.04 Å². The highest BCUT2D eigenvalue weighted by Crippen LogP contribution is 2.22. The molecule has 0 aliphatic carbocycles. The summed E-state index contributed by atoms with van der Waals surface area (Å²) in [6.45, 7) is 6.10. The molecule has 0 radical (unpaired) electrons. The van der Waals surface area contributed by atoms with Gasteiger partial charge in [0.25, 0.3) is 0 Å². The van der Waals surface area contributed by atoms with Gasteiger partial charge in [0.2, 0.25) is 0 Å². The summed E-state index contributed by atoms with van der Waals surface area (Å²) in [5, 5.41) is 5.40. The Morgan fingerprint density at radius 1 is 0.933 bits per heavy atom. The van der Waals surface area contributed by atoms with E-state index in [4.69, 9.17) is 0 Å². The number of aryl methyl sites for hydroxylation is 1. The fraction of sp³-hybridized carbons (Fsp3) is 0.391. The van der Waals surface area contributed by atoms with Crippen molar-refractivity contribution in [2.45, 2.75) is 19.5 Å². The summed E-state index contributed by atoms with van der Waals surface area (Å²) in [4.78, 5) is 29.0. The fourth-order valence-corrected chi connectivity index (χ4v) is 3.51. The maximum absolute atomic E-state index is 13.4. The van der Waals surface area contributed by atoms with E-state index in [0.717, 1.165) is 42.9 Å². The van der Waals surface area contributed by atoms with Gasteiger partial charge in [0.15, 0.2) is 0 Å². The van der Waals surface area contributed by atoms with Crippen LogP contribution in [0, 0.1) is 12.7 Å². The van der Waals surface area contributed by atoms with E-state index in [1.54, 1.807) is 12.1 Å². The van der Waals surface area contributed by atoms with E-state index in [-0.39, 0.29) is 18.4 Å². The molecular weight excluding hydrogens is 383 g/mol. The van der Waals surface area contributed by atoms with E-state index < -0.39 is 11.8 Å². The summed E-state index contributed by atoms with van der Waals surface area (Å²) in [6, 6.07) is 14.0. The second-order valence-corrected chi connectivity index (χ2v) is 7.78. The van der Waals surface area contributed by atoms with Gasteiger partial charge in [-0.3, -0.25) is 14.5 Å². The molecule has 1 aliphatic heterocycles. The second kappa shape index (κ2) is 10.3. The molecule has 1 aliphatic rings. The lowest BCUT2D eigenvalue weighted by atomic mass is 10.0. The number of amides is 2. The third kappa shape index (κ3) is 6.11. The number of hydrogen-bond acceptors (Lipinski definition) is 4. The first-order valence-electron chi connectivity index (χ1n) is 10.2. The predicted octanol–water partition coefficient (Wildman–Crippen LogP) is 1.86. The molecule has 2 N–H and O–H groups in total. The molecule has 0 saturated carbocycles. The Balaban J connectivity index is 1.58. The Labute approximate surface area is 177 Å². The van der Waals surface area contributed by atoms with Crippen LogP contribution in [0.1, 0.15) is 22.7 Å². The molecule has 1 unspecified atom stereocenters. The van der Waals surface area contributed by atoms with E-state index in [9.17, 15) is 14.0 Å². The van der Waals surface area contributed by atoms with Crippen LogP contribution in [-0.2, 0) is 16.1 Å². The molecular formula is C23H29FN4O2. The minimum Gasteiger partial charge on any atom is -0.346 e. The molecule has 1 atom stereocenters. The van der Waals surface area contributed by atoms with Crippen LogP contribution in [0.15, 0.2) is 48.5 Å². The Hall–Kier alpha value is -2.77. The van der Waals surface area contributed by atoms with Crippen molar-refractivity contribution in [2.75, 3.05) is 39.8 Å². The lowest BCUT2D eigenvalue weighted by Gasteiger charge is -2.38. The van der Waals surface area contributed by atoms with E-state index in [1.165, 1.54) is 12.1 Å². The molecule has 2 amide bonds. The van der Waals surface area contributed by atoms with Crippen molar-refractivity contribution < 1.29 is 14.0 Å². The van der Waals surface area contributed by atoms with Crippen LogP contribution < -0.4 is 10.6 Å². The van der Waals surface area contributed by atoms with Gasteiger partial charge >= 0.3 is 11.8 Å². The molecule has 1 heterocycles. The summed E-state index contributed by atoms with van der Waals surface area (Å²) in [5.41, 5.74) is 2.99. The Morgan fingerprint density at radius 3 is 2.17 bits per heavy atom. The van der Waals surface area contributed by atoms with Gasteiger partial charge < -0.3 is 15.5 Å². The monoisotopic (exact) mass is 412 g/mol. The normalized spacial score (nSPS) is 16.1. The molecule has 7 heteroatoms. The molecule has 6 nitrogen and oxygen atoms in total. The zero-order valence-electron chi connectivity index (χ0n) is 17.5. The first kappa shape index (κ1) is 21.9. The van der Waals surface area contributed by atoms with Crippen LogP contribution in [-0.4, -0.2) is 61.4 Å². The third-order valence-corrected chi connectivity index (χ3v) is 5.47. The van der Waals surface area contributed by atoms with E-state index in [1.807, 2.05) is 31.2 Å². The average Bonchev–Trinajstić information content (AvgIpc) is 2.75. The first-order chi connectivity index (χ1) is 14.4. The van der Waals surface area contributed by atoms with Gasteiger partial charge in [-0.05, 0) is 37.2 Å². The molecule has 2 aromatic carbocycles. The zero-order chi connectivity index (χ0) is 21.5. The Kier molecular flexibility index (Phi) is 7.54. The van der Waals surface area contributed by atoms with E-state index in [0.29, 0.717) is 6.54 Å². The molecule has 0 spiro atoms. The van der Waals surface area contributed by atoms with Crippen molar-refractivity contribution in [2.24, 2.45) is 0 Å². The van der Waals surface area contributed by atoms with E-state index in [2.05, 4.69) is 27.5 Å². The summed E-state index contributed by atoms with van der Waals surface area (Å²) in [7, 11) is 2.07. The van der Waals surface area contributed by atoms with Crippen LogP contribution in [0.5, 0.6) is 0 Å². The standard InChI is InChI=1S/C23H29FN4O2/c1-17-3-5-18(6-4-17)15-25-22(29)23(30)26-16-21(19-7-9-20(24)10-8-19)28-13-11-27(2)12-14-28/h3-10,21H,11-16H2,1-2H3,(H,25,29)(H,26,30). The number of rotatable bonds is 6. The van der Waals surface area contributed by atoms with Gasteiger partial charge in [-0.1, -0.05) is 42.0 Å². The maximum atomic E-state index is 13.4.